The maximum atomic E-state index is 14.2. The van der Waals surface area contributed by atoms with E-state index in [9.17, 15) is 19.2 Å². The van der Waals surface area contributed by atoms with Crippen LogP contribution in [0.2, 0.25) is 0 Å². The number of likely N-dealkylation sites (N-methyl/N-ethyl adjacent to an activating group) is 1. The number of aromatic nitrogens is 4. The minimum Gasteiger partial charge on any atom is -0.444 e. The van der Waals surface area contributed by atoms with Gasteiger partial charge in [0, 0.05) is 34.2 Å². The van der Waals surface area contributed by atoms with Crippen molar-refractivity contribution in [2.24, 2.45) is 17.8 Å². The van der Waals surface area contributed by atoms with Gasteiger partial charge in [0.15, 0.2) is 5.82 Å². The fourth-order valence-corrected chi connectivity index (χ4v) is 7.15. The molecule has 0 aliphatic carbocycles. The van der Waals surface area contributed by atoms with Gasteiger partial charge in [-0.2, -0.15) is 5.21 Å². The Labute approximate surface area is 314 Å². The number of nitrogens with one attached hydrogen (secondary N) is 3. The molecular weight excluding hydrogens is 680 g/mol. The summed E-state index contributed by atoms with van der Waals surface area (Å²) in [5, 5.41) is 20.3. The Hall–Kier alpha value is -4.11. The maximum Gasteiger partial charge on any atom is 0.408 e. The van der Waals surface area contributed by atoms with E-state index in [1.54, 1.807) is 58.8 Å². The molecular formula is C38H62N8O7. The Bertz CT molecular complexity index is 1450. The molecule has 0 spiro atoms. The molecule has 3 rings (SSSR count). The number of benzene rings is 1. The third-order valence-corrected chi connectivity index (χ3v) is 10.1. The Kier molecular flexibility index (Phi) is 16.2. The lowest BCUT2D eigenvalue weighted by molar-refractivity contribution is -0.147. The van der Waals surface area contributed by atoms with Gasteiger partial charge in [-0.05, 0) is 51.0 Å². The van der Waals surface area contributed by atoms with Crippen LogP contribution in [0, 0.1) is 17.8 Å². The molecule has 0 bridgehead atoms. The van der Waals surface area contributed by atoms with Crippen LogP contribution in [0.3, 0.4) is 0 Å². The SMILES string of the molecule is CCC(C)C(C(CC(=O)N1CCC[C@H]1C(OC)C(C)C(=O)NC(Cc1ccccc1)c1nn[nH]n1)OC)N(C)C(=O)C(NC(=O)OC(C)(C)C)C(C)C. The highest BCUT2D eigenvalue weighted by molar-refractivity contribution is 5.86. The van der Waals surface area contributed by atoms with E-state index in [1.807, 2.05) is 58.0 Å². The zero-order valence-electron chi connectivity index (χ0n) is 33.4. The summed E-state index contributed by atoms with van der Waals surface area (Å²) in [6, 6.07) is 7.53. The van der Waals surface area contributed by atoms with Gasteiger partial charge in [-0.15, -0.1) is 10.2 Å². The van der Waals surface area contributed by atoms with Crippen molar-refractivity contribution < 1.29 is 33.4 Å². The molecule has 1 saturated heterocycles. The molecule has 1 aromatic heterocycles. The molecule has 53 heavy (non-hydrogen) atoms. The topological polar surface area (TPSA) is 181 Å². The number of nitrogens with zero attached hydrogens (tertiary/aromatic N) is 5. The first kappa shape index (κ1) is 43.3. The number of hydrogen-bond acceptors (Lipinski definition) is 10. The number of methoxy groups -OCH3 is 2. The normalized spacial score (nSPS) is 18.7. The van der Waals surface area contributed by atoms with Gasteiger partial charge in [0.1, 0.15) is 11.6 Å². The molecule has 4 amide bonds. The van der Waals surface area contributed by atoms with Crippen molar-refractivity contribution in [3.63, 3.8) is 0 Å². The summed E-state index contributed by atoms with van der Waals surface area (Å²) in [7, 11) is 4.80. The molecule has 2 aromatic rings. The number of tetrazole rings is 1. The first-order valence-electron chi connectivity index (χ1n) is 18.7. The van der Waals surface area contributed by atoms with Crippen molar-refractivity contribution >= 4 is 23.8 Å². The molecule has 0 saturated carbocycles. The van der Waals surface area contributed by atoms with Crippen LogP contribution in [-0.2, 0) is 35.0 Å². The highest BCUT2D eigenvalue weighted by atomic mass is 16.6. The molecule has 1 aliphatic heterocycles. The minimum atomic E-state index is -0.847. The summed E-state index contributed by atoms with van der Waals surface area (Å²) in [5.74, 6) is -1.22. The summed E-state index contributed by atoms with van der Waals surface area (Å²) in [6.45, 7) is 15.4. The van der Waals surface area contributed by atoms with E-state index >= 15 is 0 Å². The van der Waals surface area contributed by atoms with Gasteiger partial charge < -0.3 is 34.6 Å². The summed E-state index contributed by atoms with van der Waals surface area (Å²) in [4.78, 5) is 58.1. The van der Waals surface area contributed by atoms with E-state index in [-0.39, 0.29) is 42.0 Å². The van der Waals surface area contributed by atoms with Crippen LogP contribution in [0.15, 0.2) is 30.3 Å². The number of hydrogen-bond donors (Lipinski definition) is 3. The number of ether oxygens (including phenoxy) is 3. The monoisotopic (exact) mass is 742 g/mol. The fourth-order valence-electron chi connectivity index (χ4n) is 7.15. The molecule has 1 fully saturated rings. The summed E-state index contributed by atoms with van der Waals surface area (Å²) < 4.78 is 17.4. The lowest BCUT2D eigenvalue weighted by atomic mass is 9.89. The lowest BCUT2D eigenvalue weighted by Crippen LogP contribution is -2.58. The zero-order valence-corrected chi connectivity index (χ0v) is 33.4. The van der Waals surface area contributed by atoms with E-state index in [0.29, 0.717) is 25.2 Å². The second kappa shape index (κ2) is 19.8. The van der Waals surface area contributed by atoms with Gasteiger partial charge in [0.2, 0.25) is 17.7 Å². The third-order valence-electron chi connectivity index (χ3n) is 10.1. The molecule has 296 valence electrons. The number of rotatable bonds is 18. The van der Waals surface area contributed by atoms with Crippen molar-refractivity contribution in [3.8, 4) is 0 Å². The number of amides is 4. The van der Waals surface area contributed by atoms with Gasteiger partial charge in [-0.1, -0.05) is 76.6 Å². The smallest absolute Gasteiger partial charge is 0.408 e. The first-order valence-corrected chi connectivity index (χ1v) is 18.7. The average molecular weight is 743 g/mol. The lowest BCUT2D eigenvalue weighted by Gasteiger charge is -2.40. The number of carbonyl (C=O) groups is 4. The molecule has 1 aromatic carbocycles. The Balaban J connectivity index is 1.77. The summed E-state index contributed by atoms with van der Waals surface area (Å²) in [6.07, 6.45) is 0.711. The molecule has 15 heteroatoms. The summed E-state index contributed by atoms with van der Waals surface area (Å²) in [5.41, 5.74) is 0.277. The standard InChI is InChI=1S/C38H62N8O7/c1-12-24(4)32(45(9)36(49)31(23(2)3)40-37(50)53-38(6,7)8)29(51-10)22-30(47)46-20-16-19-28(46)33(52-11)25(5)35(48)39-27(34-41-43-44-42-34)21-26-17-14-13-15-18-26/h13-15,17-18,23-25,27-29,31-33H,12,16,19-22H2,1-11H3,(H,39,48)(H,40,50)(H,41,42,43,44)/t24?,25?,27?,28-,29?,31?,32?,33?/m0/s1. The second-order valence-electron chi connectivity index (χ2n) is 15.5. The number of aromatic amines is 1. The number of carbonyl (C=O) groups excluding carboxylic acids is 4. The van der Waals surface area contributed by atoms with Gasteiger partial charge in [-0.3, -0.25) is 14.4 Å². The van der Waals surface area contributed by atoms with Crippen molar-refractivity contribution in [1.29, 1.82) is 0 Å². The molecule has 3 N–H and O–H groups in total. The Morgan fingerprint density at radius 2 is 1.72 bits per heavy atom. The van der Waals surface area contributed by atoms with E-state index in [1.165, 1.54) is 0 Å². The van der Waals surface area contributed by atoms with Gasteiger partial charge >= 0.3 is 6.09 Å². The predicted octanol–water partition coefficient (Wildman–Crippen LogP) is 4.07. The van der Waals surface area contributed by atoms with Crippen molar-refractivity contribution in [1.82, 2.24) is 41.1 Å². The number of likely N-dealkylation sites (tertiary alicyclic amines) is 1. The molecule has 7 unspecified atom stereocenters. The summed E-state index contributed by atoms with van der Waals surface area (Å²) >= 11 is 0. The number of alkyl carbamates (subject to hydrolysis) is 1. The first-order chi connectivity index (χ1) is 25.0. The molecule has 15 nitrogen and oxygen atoms in total. The maximum absolute atomic E-state index is 14.2. The Morgan fingerprint density at radius 1 is 1.04 bits per heavy atom. The molecule has 1 aliphatic rings. The van der Waals surface area contributed by atoms with Crippen LogP contribution in [0.25, 0.3) is 0 Å². The van der Waals surface area contributed by atoms with Crippen LogP contribution < -0.4 is 10.6 Å². The van der Waals surface area contributed by atoms with E-state index in [0.717, 1.165) is 18.4 Å². The van der Waals surface area contributed by atoms with Crippen molar-refractivity contribution in [3.05, 3.63) is 41.7 Å². The zero-order chi connectivity index (χ0) is 39.5. The van der Waals surface area contributed by atoms with Crippen LogP contribution in [0.4, 0.5) is 4.79 Å². The highest BCUT2D eigenvalue weighted by Crippen LogP contribution is 2.30. The van der Waals surface area contributed by atoms with Gasteiger partial charge in [-0.25, -0.2) is 4.79 Å². The minimum absolute atomic E-state index is 0.0133. The van der Waals surface area contributed by atoms with Gasteiger partial charge in [0.25, 0.3) is 0 Å². The fraction of sp³-hybridized carbons (Fsp3) is 0.711. The van der Waals surface area contributed by atoms with Gasteiger partial charge in [0.05, 0.1) is 42.7 Å². The quantitative estimate of drug-likeness (QED) is 0.202. The van der Waals surface area contributed by atoms with E-state index in [4.69, 9.17) is 14.2 Å². The molecule has 8 atom stereocenters. The largest absolute Gasteiger partial charge is 0.444 e. The predicted molar refractivity (Wildman–Crippen MR) is 199 cm³/mol. The third kappa shape index (κ3) is 11.9. The second-order valence-corrected chi connectivity index (χ2v) is 15.5. The molecule has 0 radical (unpaired) electrons. The van der Waals surface area contributed by atoms with E-state index in [2.05, 4.69) is 31.3 Å². The van der Waals surface area contributed by atoms with Crippen LogP contribution >= 0.6 is 0 Å². The van der Waals surface area contributed by atoms with E-state index < -0.39 is 47.9 Å². The van der Waals surface area contributed by atoms with Crippen LogP contribution in [-0.4, -0.2) is 118 Å². The average Bonchev–Trinajstić information content (AvgIpc) is 3.83. The van der Waals surface area contributed by atoms with Crippen LogP contribution in [0.5, 0.6) is 0 Å². The van der Waals surface area contributed by atoms with Crippen molar-refractivity contribution in [2.75, 3.05) is 27.8 Å². The van der Waals surface area contributed by atoms with Crippen molar-refractivity contribution in [2.45, 2.75) is 129 Å². The number of H-pyrrole nitrogens is 1. The Morgan fingerprint density at radius 3 is 2.26 bits per heavy atom. The van der Waals surface area contributed by atoms with Crippen LogP contribution in [0.1, 0.15) is 98.5 Å². The highest BCUT2D eigenvalue weighted by Gasteiger charge is 2.43. The molecule has 2 heterocycles.